The van der Waals surface area contributed by atoms with Gasteiger partial charge in [0.25, 0.3) is 0 Å². The second-order valence-corrected chi connectivity index (χ2v) is 6.51. The normalized spacial score (nSPS) is 27.9. The molecule has 0 saturated heterocycles. The van der Waals surface area contributed by atoms with Crippen LogP contribution in [0.1, 0.15) is 46.5 Å². The van der Waals surface area contributed by atoms with Crippen molar-refractivity contribution in [3.05, 3.63) is 0 Å². The summed E-state index contributed by atoms with van der Waals surface area (Å²) in [5, 5.41) is 0. The van der Waals surface area contributed by atoms with E-state index >= 15 is 0 Å². The van der Waals surface area contributed by atoms with Crippen LogP contribution < -0.4 is 0 Å². The van der Waals surface area contributed by atoms with Crippen molar-refractivity contribution in [3.8, 4) is 0 Å². The average Bonchev–Trinajstić information content (AvgIpc) is 2.26. The summed E-state index contributed by atoms with van der Waals surface area (Å²) >= 11 is 3.50. The first-order valence-electron chi connectivity index (χ1n) is 6.34. The van der Waals surface area contributed by atoms with Gasteiger partial charge in [0.15, 0.2) is 0 Å². The van der Waals surface area contributed by atoms with E-state index in [1.807, 2.05) is 11.9 Å². The van der Waals surface area contributed by atoms with Gasteiger partial charge in [-0.05, 0) is 24.7 Å². The molecule has 0 aliphatic heterocycles. The lowest BCUT2D eigenvalue weighted by atomic mass is 9.86. The number of halogens is 1. The number of hydrogen-bond donors (Lipinski definition) is 0. The van der Waals surface area contributed by atoms with Crippen LogP contribution in [0, 0.1) is 11.8 Å². The Balaban J connectivity index is 2.55. The molecule has 3 heteroatoms. The molecule has 0 aromatic heterocycles. The van der Waals surface area contributed by atoms with Crippen molar-refractivity contribution in [1.82, 2.24) is 4.90 Å². The predicted molar refractivity (Wildman–Crippen MR) is 71.7 cm³/mol. The first-order valence-corrected chi connectivity index (χ1v) is 7.25. The minimum absolute atomic E-state index is 0.0327. The fourth-order valence-corrected chi connectivity index (χ4v) is 2.74. The maximum absolute atomic E-state index is 12.2. The van der Waals surface area contributed by atoms with Gasteiger partial charge in [-0.15, -0.1) is 0 Å². The summed E-state index contributed by atoms with van der Waals surface area (Å²) in [6.45, 7) is 6.45. The highest BCUT2D eigenvalue weighted by Gasteiger charge is 2.29. The van der Waals surface area contributed by atoms with E-state index in [0.717, 1.165) is 5.92 Å². The molecule has 16 heavy (non-hydrogen) atoms. The highest BCUT2D eigenvalue weighted by molar-refractivity contribution is 9.10. The zero-order chi connectivity index (χ0) is 12.3. The minimum Gasteiger partial charge on any atom is -0.342 e. The summed E-state index contributed by atoms with van der Waals surface area (Å²) in [4.78, 5) is 14.1. The van der Waals surface area contributed by atoms with Crippen LogP contribution in [-0.4, -0.2) is 28.7 Å². The van der Waals surface area contributed by atoms with Gasteiger partial charge in [-0.3, -0.25) is 4.79 Å². The molecular formula is C13H24BrNO. The van der Waals surface area contributed by atoms with E-state index in [0.29, 0.717) is 12.0 Å². The Morgan fingerprint density at radius 2 is 2.00 bits per heavy atom. The molecule has 0 bridgehead atoms. The van der Waals surface area contributed by atoms with Gasteiger partial charge in [0.1, 0.15) is 0 Å². The molecule has 1 aliphatic carbocycles. The standard InChI is InChI=1S/C13H24BrNO/c1-9(2)12(14)13(16)15(4)11-7-5-6-10(3)8-11/h9-12H,5-8H2,1-4H3. The summed E-state index contributed by atoms with van der Waals surface area (Å²) in [6.07, 6.45) is 4.92. The molecule has 0 heterocycles. The molecule has 94 valence electrons. The predicted octanol–water partition coefficient (Wildman–Crippen LogP) is 3.44. The number of carbonyl (C=O) groups excluding carboxylic acids is 1. The molecule has 2 nitrogen and oxygen atoms in total. The van der Waals surface area contributed by atoms with Crippen LogP contribution in [0.15, 0.2) is 0 Å². The maximum Gasteiger partial charge on any atom is 0.236 e. The Morgan fingerprint density at radius 3 is 2.50 bits per heavy atom. The third-order valence-corrected chi connectivity index (χ3v) is 5.07. The van der Waals surface area contributed by atoms with Gasteiger partial charge in [-0.25, -0.2) is 0 Å². The Labute approximate surface area is 108 Å². The topological polar surface area (TPSA) is 20.3 Å². The van der Waals surface area contributed by atoms with Crippen LogP contribution in [-0.2, 0) is 4.79 Å². The minimum atomic E-state index is -0.0327. The van der Waals surface area contributed by atoms with Crippen LogP contribution in [0.3, 0.4) is 0 Å². The molecule has 1 saturated carbocycles. The van der Waals surface area contributed by atoms with Crippen molar-refractivity contribution >= 4 is 21.8 Å². The number of rotatable bonds is 3. The summed E-state index contributed by atoms with van der Waals surface area (Å²) in [6, 6.07) is 0.454. The van der Waals surface area contributed by atoms with Gasteiger partial charge >= 0.3 is 0 Å². The highest BCUT2D eigenvalue weighted by atomic mass is 79.9. The lowest BCUT2D eigenvalue weighted by molar-refractivity contribution is -0.132. The van der Waals surface area contributed by atoms with Crippen molar-refractivity contribution in [3.63, 3.8) is 0 Å². The summed E-state index contributed by atoms with van der Waals surface area (Å²) in [5.41, 5.74) is 0. The fraction of sp³-hybridized carbons (Fsp3) is 0.923. The van der Waals surface area contributed by atoms with Gasteiger partial charge in [0.05, 0.1) is 4.83 Å². The van der Waals surface area contributed by atoms with E-state index in [1.54, 1.807) is 0 Å². The van der Waals surface area contributed by atoms with Crippen LogP contribution in [0.2, 0.25) is 0 Å². The lowest BCUT2D eigenvalue weighted by Crippen LogP contribution is -2.44. The molecule has 1 fully saturated rings. The number of carbonyl (C=O) groups is 1. The zero-order valence-electron chi connectivity index (χ0n) is 10.9. The van der Waals surface area contributed by atoms with E-state index < -0.39 is 0 Å². The lowest BCUT2D eigenvalue weighted by Gasteiger charge is -2.35. The average molecular weight is 290 g/mol. The van der Waals surface area contributed by atoms with Crippen molar-refractivity contribution < 1.29 is 4.79 Å². The van der Waals surface area contributed by atoms with Crippen molar-refractivity contribution in [2.24, 2.45) is 11.8 Å². The molecule has 0 spiro atoms. The van der Waals surface area contributed by atoms with E-state index in [2.05, 4.69) is 36.7 Å². The molecule has 0 N–H and O–H groups in total. The van der Waals surface area contributed by atoms with Gasteiger partial charge in [0.2, 0.25) is 5.91 Å². The largest absolute Gasteiger partial charge is 0.342 e. The number of nitrogens with zero attached hydrogens (tertiary/aromatic N) is 1. The van der Waals surface area contributed by atoms with Crippen LogP contribution >= 0.6 is 15.9 Å². The molecule has 0 aromatic carbocycles. The third-order valence-electron chi connectivity index (χ3n) is 3.63. The second-order valence-electron chi connectivity index (χ2n) is 5.52. The molecule has 3 unspecified atom stereocenters. The van der Waals surface area contributed by atoms with Crippen LogP contribution in [0.4, 0.5) is 0 Å². The third kappa shape index (κ3) is 3.47. The molecule has 1 amide bonds. The Hall–Kier alpha value is -0.0500. The highest BCUT2D eigenvalue weighted by Crippen LogP contribution is 2.28. The van der Waals surface area contributed by atoms with Crippen LogP contribution in [0.25, 0.3) is 0 Å². The second kappa shape index (κ2) is 6.04. The van der Waals surface area contributed by atoms with E-state index in [9.17, 15) is 4.79 Å². The smallest absolute Gasteiger partial charge is 0.236 e. The Morgan fingerprint density at radius 1 is 1.38 bits per heavy atom. The first kappa shape index (κ1) is 14.0. The number of hydrogen-bond acceptors (Lipinski definition) is 1. The van der Waals surface area contributed by atoms with E-state index in [1.165, 1.54) is 25.7 Å². The first-order chi connectivity index (χ1) is 7.43. The van der Waals surface area contributed by atoms with Gasteiger partial charge in [-0.1, -0.05) is 49.5 Å². The van der Waals surface area contributed by atoms with E-state index in [4.69, 9.17) is 0 Å². The Kier molecular flexibility index (Phi) is 5.29. The molecular weight excluding hydrogens is 266 g/mol. The van der Waals surface area contributed by atoms with Crippen molar-refractivity contribution in [2.75, 3.05) is 7.05 Å². The Bertz CT molecular complexity index is 242. The zero-order valence-corrected chi connectivity index (χ0v) is 12.5. The molecule has 1 aliphatic rings. The summed E-state index contributed by atoms with van der Waals surface area (Å²) < 4.78 is 0. The quantitative estimate of drug-likeness (QED) is 0.729. The molecule has 0 radical (unpaired) electrons. The monoisotopic (exact) mass is 289 g/mol. The van der Waals surface area contributed by atoms with Crippen molar-refractivity contribution in [2.45, 2.75) is 57.3 Å². The molecule has 0 aromatic rings. The van der Waals surface area contributed by atoms with Gasteiger partial charge in [-0.2, -0.15) is 0 Å². The van der Waals surface area contributed by atoms with Crippen LogP contribution in [0.5, 0.6) is 0 Å². The summed E-state index contributed by atoms with van der Waals surface area (Å²) in [7, 11) is 1.96. The number of alkyl halides is 1. The molecule has 1 rings (SSSR count). The SMILES string of the molecule is CC1CCCC(N(C)C(=O)C(Br)C(C)C)C1. The van der Waals surface area contributed by atoms with Gasteiger partial charge < -0.3 is 4.90 Å². The van der Waals surface area contributed by atoms with Gasteiger partial charge in [0, 0.05) is 13.1 Å². The van der Waals surface area contributed by atoms with E-state index in [-0.39, 0.29) is 10.7 Å². The fourth-order valence-electron chi connectivity index (χ4n) is 2.41. The molecule has 3 atom stereocenters. The summed E-state index contributed by atoms with van der Waals surface area (Å²) in [5.74, 6) is 1.37. The maximum atomic E-state index is 12.2. The number of amides is 1. The van der Waals surface area contributed by atoms with Crippen molar-refractivity contribution in [1.29, 1.82) is 0 Å².